The highest BCUT2D eigenvalue weighted by Crippen LogP contribution is 2.27. The smallest absolute Gasteiger partial charge is 0.310 e. The van der Waals surface area contributed by atoms with Gasteiger partial charge in [-0.3, -0.25) is 9.59 Å². The number of amides is 1. The van der Waals surface area contributed by atoms with Gasteiger partial charge in [0.2, 0.25) is 0 Å². The molecule has 0 saturated carbocycles. The molecule has 6 nitrogen and oxygen atoms in total. The normalized spacial score (nSPS) is 10.2. The molecular formula is C24H23NO5. The first-order valence-corrected chi connectivity index (χ1v) is 9.41. The fourth-order valence-corrected chi connectivity index (χ4v) is 2.85. The zero-order valence-electron chi connectivity index (χ0n) is 16.9. The van der Waals surface area contributed by atoms with Crippen molar-refractivity contribution in [3.63, 3.8) is 0 Å². The molecule has 0 radical (unpaired) electrons. The number of rotatable bonds is 8. The van der Waals surface area contributed by atoms with Crippen molar-refractivity contribution < 1.29 is 23.8 Å². The summed E-state index contributed by atoms with van der Waals surface area (Å²) in [5, 5.41) is 2.83. The van der Waals surface area contributed by atoms with Crippen LogP contribution in [0.5, 0.6) is 11.5 Å². The maximum atomic E-state index is 12.3. The Hall–Kier alpha value is -3.80. The van der Waals surface area contributed by atoms with Crippen LogP contribution in [0.3, 0.4) is 0 Å². The number of carbonyl (C=O) groups is 2. The maximum absolute atomic E-state index is 12.3. The van der Waals surface area contributed by atoms with Crippen LogP contribution >= 0.6 is 0 Å². The lowest BCUT2D eigenvalue weighted by atomic mass is 10.1. The number of ether oxygens (including phenoxy) is 3. The van der Waals surface area contributed by atoms with Crippen LogP contribution in [-0.2, 0) is 22.6 Å². The summed E-state index contributed by atoms with van der Waals surface area (Å²) in [7, 11) is 3.10. The molecular weight excluding hydrogens is 382 g/mol. The quantitative estimate of drug-likeness (QED) is 0.568. The molecule has 1 N–H and O–H groups in total. The van der Waals surface area contributed by atoms with Crippen LogP contribution in [0.15, 0.2) is 72.8 Å². The minimum atomic E-state index is -0.354. The van der Waals surface area contributed by atoms with Crippen LogP contribution in [0.25, 0.3) is 0 Å². The molecule has 6 heteroatoms. The summed E-state index contributed by atoms with van der Waals surface area (Å²) in [6.45, 7) is 0.132. The summed E-state index contributed by atoms with van der Waals surface area (Å²) in [6.07, 6.45) is 0.123. The molecule has 0 bridgehead atoms. The van der Waals surface area contributed by atoms with E-state index in [1.54, 1.807) is 56.7 Å². The minimum Gasteiger partial charge on any atom is -0.493 e. The molecule has 0 aliphatic rings. The van der Waals surface area contributed by atoms with Gasteiger partial charge in [-0.15, -0.1) is 0 Å². The molecule has 0 aromatic heterocycles. The zero-order valence-corrected chi connectivity index (χ0v) is 16.9. The van der Waals surface area contributed by atoms with Crippen LogP contribution in [0, 0.1) is 0 Å². The Morgan fingerprint density at radius 3 is 2.13 bits per heavy atom. The highest BCUT2D eigenvalue weighted by molar-refractivity contribution is 6.04. The van der Waals surface area contributed by atoms with E-state index in [4.69, 9.17) is 14.2 Å². The van der Waals surface area contributed by atoms with E-state index in [1.807, 2.05) is 30.3 Å². The predicted octanol–water partition coefficient (Wildman–Crippen LogP) is 4.24. The third kappa shape index (κ3) is 5.61. The topological polar surface area (TPSA) is 73.9 Å². The molecule has 0 fully saturated rings. The van der Waals surface area contributed by atoms with Gasteiger partial charge in [-0.05, 0) is 47.5 Å². The molecule has 0 saturated heterocycles. The van der Waals surface area contributed by atoms with E-state index in [9.17, 15) is 9.59 Å². The molecule has 1 amide bonds. The van der Waals surface area contributed by atoms with Crippen molar-refractivity contribution in [2.24, 2.45) is 0 Å². The fourth-order valence-electron chi connectivity index (χ4n) is 2.85. The van der Waals surface area contributed by atoms with E-state index in [0.29, 0.717) is 17.1 Å². The molecule has 3 aromatic rings. The van der Waals surface area contributed by atoms with Gasteiger partial charge >= 0.3 is 5.97 Å². The molecule has 0 aliphatic carbocycles. The Bertz CT molecular complexity index is 1000. The van der Waals surface area contributed by atoms with Gasteiger partial charge in [-0.1, -0.05) is 36.4 Å². The van der Waals surface area contributed by atoms with Gasteiger partial charge in [0.1, 0.15) is 6.61 Å². The average Bonchev–Trinajstić information content (AvgIpc) is 2.78. The largest absolute Gasteiger partial charge is 0.493 e. The predicted molar refractivity (Wildman–Crippen MR) is 114 cm³/mol. The number of hydrogen-bond acceptors (Lipinski definition) is 5. The van der Waals surface area contributed by atoms with Crippen molar-refractivity contribution >= 4 is 17.6 Å². The standard InChI is InChI=1S/C24H23NO5/c1-28-21-13-10-18(14-22(21)29-2)15-23(26)30-16-17-8-11-19(12-9-17)24(27)25-20-6-4-3-5-7-20/h3-14H,15-16H2,1-2H3,(H,25,27). The number of anilines is 1. The molecule has 0 aliphatic heterocycles. The van der Waals surface area contributed by atoms with Crippen molar-refractivity contribution in [1.82, 2.24) is 0 Å². The number of para-hydroxylation sites is 1. The Morgan fingerprint density at radius 1 is 0.800 bits per heavy atom. The van der Waals surface area contributed by atoms with Crippen LogP contribution in [0.4, 0.5) is 5.69 Å². The van der Waals surface area contributed by atoms with Crippen LogP contribution in [-0.4, -0.2) is 26.1 Å². The Kier molecular flexibility index (Phi) is 7.05. The molecule has 3 aromatic carbocycles. The number of benzene rings is 3. The van der Waals surface area contributed by atoms with Crippen LogP contribution in [0.1, 0.15) is 21.5 Å². The first-order valence-electron chi connectivity index (χ1n) is 9.41. The summed E-state index contributed by atoms with van der Waals surface area (Å²) in [5.74, 6) is 0.615. The zero-order chi connectivity index (χ0) is 21.3. The Balaban J connectivity index is 1.52. The Labute approximate surface area is 175 Å². The van der Waals surface area contributed by atoms with E-state index in [1.165, 1.54) is 0 Å². The molecule has 0 heterocycles. The number of methoxy groups -OCH3 is 2. The lowest BCUT2D eigenvalue weighted by molar-refractivity contribution is -0.144. The number of nitrogens with one attached hydrogen (secondary N) is 1. The summed E-state index contributed by atoms with van der Waals surface area (Å²) in [4.78, 5) is 24.4. The second-order valence-corrected chi connectivity index (χ2v) is 6.54. The highest BCUT2D eigenvalue weighted by Gasteiger charge is 2.10. The highest BCUT2D eigenvalue weighted by atomic mass is 16.5. The first kappa shape index (κ1) is 20.9. The Morgan fingerprint density at radius 2 is 1.47 bits per heavy atom. The summed E-state index contributed by atoms with van der Waals surface area (Å²) in [6, 6.07) is 21.5. The van der Waals surface area contributed by atoms with Crippen LogP contribution in [0.2, 0.25) is 0 Å². The lowest BCUT2D eigenvalue weighted by Crippen LogP contribution is -2.12. The second-order valence-electron chi connectivity index (χ2n) is 6.54. The average molecular weight is 405 g/mol. The fraction of sp³-hybridized carbons (Fsp3) is 0.167. The van der Waals surface area contributed by atoms with Crippen molar-refractivity contribution in [3.8, 4) is 11.5 Å². The van der Waals surface area contributed by atoms with E-state index in [2.05, 4.69) is 5.32 Å². The van der Waals surface area contributed by atoms with Gasteiger partial charge < -0.3 is 19.5 Å². The SMILES string of the molecule is COc1ccc(CC(=O)OCc2ccc(C(=O)Nc3ccccc3)cc2)cc1OC. The molecule has 3 rings (SSSR count). The summed E-state index contributed by atoms with van der Waals surface area (Å²) in [5.41, 5.74) is 2.83. The molecule has 30 heavy (non-hydrogen) atoms. The van der Waals surface area contributed by atoms with Gasteiger partial charge in [-0.25, -0.2) is 0 Å². The monoisotopic (exact) mass is 405 g/mol. The van der Waals surface area contributed by atoms with Crippen LogP contribution < -0.4 is 14.8 Å². The van der Waals surface area contributed by atoms with Crippen molar-refractivity contribution in [1.29, 1.82) is 0 Å². The van der Waals surface area contributed by atoms with E-state index >= 15 is 0 Å². The van der Waals surface area contributed by atoms with E-state index in [-0.39, 0.29) is 24.9 Å². The van der Waals surface area contributed by atoms with Crippen molar-refractivity contribution in [3.05, 3.63) is 89.5 Å². The van der Waals surface area contributed by atoms with Gasteiger partial charge in [0.05, 0.1) is 20.6 Å². The van der Waals surface area contributed by atoms with Gasteiger partial charge in [-0.2, -0.15) is 0 Å². The third-order valence-corrected chi connectivity index (χ3v) is 4.44. The second kappa shape index (κ2) is 10.1. The first-order chi connectivity index (χ1) is 14.6. The lowest BCUT2D eigenvalue weighted by Gasteiger charge is -2.10. The summed E-state index contributed by atoms with van der Waals surface area (Å²) < 4.78 is 15.8. The van der Waals surface area contributed by atoms with E-state index in [0.717, 1.165) is 16.8 Å². The molecule has 154 valence electrons. The number of carbonyl (C=O) groups excluding carboxylic acids is 2. The molecule has 0 unspecified atom stereocenters. The van der Waals surface area contributed by atoms with Gasteiger partial charge in [0.25, 0.3) is 5.91 Å². The van der Waals surface area contributed by atoms with Crippen molar-refractivity contribution in [2.75, 3.05) is 19.5 Å². The van der Waals surface area contributed by atoms with Gasteiger partial charge in [0.15, 0.2) is 11.5 Å². The number of esters is 1. The van der Waals surface area contributed by atoms with Gasteiger partial charge in [0, 0.05) is 11.3 Å². The van der Waals surface area contributed by atoms with E-state index < -0.39 is 0 Å². The maximum Gasteiger partial charge on any atom is 0.310 e. The molecule has 0 spiro atoms. The number of hydrogen-bond donors (Lipinski definition) is 1. The van der Waals surface area contributed by atoms with Crippen molar-refractivity contribution in [2.45, 2.75) is 13.0 Å². The third-order valence-electron chi connectivity index (χ3n) is 4.44. The summed E-state index contributed by atoms with van der Waals surface area (Å²) >= 11 is 0. The molecule has 0 atom stereocenters. The minimum absolute atomic E-state index is 0.123.